The van der Waals surface area contributed by atoms with Crippen molar-refractivity contribution >= 4 is 21.8 Å². The Bertz CT molecular complexity index is 2320. The van der Waals surface area contributed by atoms with Crippen LogP contribution in [0.25, 0.3) is 33.3 Å². The smallest absolute Gasteiger partial charge is 0.137 e. The van der Waals surface area contributed by atoms with Gasteiger partial charge in [-0.25, -0.2) is 9.67 Å². The van der Waals surface area contributed by atoms with E-state index in [0.29, 0.717) is 17.8 Å². The van der Waals surface area contributed by atoms with Crippen molar-refractivity contribution in [2.75, 3.05) is 0 Å². The molecule has 3 atom stereocenters. The monoisotopic (exact) mass is 706 g/mol. The molecular weight excluding hydrogens is 649 g/mol. The Kier molecular flexibility index (Phi) is 9.68. The standard InChI is InChI=1S/C48H58N4O/c1-12-13-16-34-21-22-49-43(25-34)51-41-18-15-14-17-39(41)40-20-19-37(29-42(40)51)53-38-27-35(47(6,7)8)26-36(28-38)52-46(48(9,10)11)45(33(5)50-52)44-31(3)23-30(2)24-32(44)4/h14-15,17-23,25-30,32,44H,12-13,16,24H2,1-11H3/t30-,32-,44?/m0/s1. The Hall–Kier alpha value is -4.64. The summed E-state index contributed by atoms with van der Waals surface area (Å²) >= 11 is 0. The summed E-state index contributed by atoms with van der Waals surface area (Å²) in [6.07, 6.45) is 9.00. The highest BCUT2D eigenvalue weighted by Crippen LogP contribution is 2.46. The lowest BCUT2D eigenvalue weighted by Gasteiger charge is -2.34. The average Bonchev–Trinajstić information content (AvgIpc) is 3.61. The van der Waals surface area contributed by atoms with Gasteiger partial charge in [-0.3, -0.25) is 4.57 Å². The zero-order valence-corrected chi connectivity index (χ0v) is 33.8. The number of allylic oxidation sites excluding steroid dienone is 2. The minimum absolute atomic E-state index is 0.0980. The summed E-state index contributed by atoms with van der Waals surface area (Å²) < 4.78 is 11.4. The molecule has 3 aromatic heterocycles. The van der Waals surface area contributed by atoms with Crippen molar-refractivity contribution in [1.29, 1.82) is 0 Å². The molecule has 276 valence electrons. The number of ether oxygens (including phenoxy) is 1. The van der Waals surface area contributed by atoms with E-state index < -0.39 is 0 Å². The molecule has 0 bridgehead atoms. The molecule has 1 unspecified atom stereocenters. The van der Waals surface area contributed by atoms with Gasteiger partial charge in [0, 0.05) is 46.0 Å². The summed E-state index contributed by atoms with van der Waals surface area (Å²) in [5.41, 5.74) is 10.8. The summed E-state index contributed by atoms with van der Waals surface area (Å²) in [6, 6.07) is 26.2. The van der Waals surface area contributed by atoms with Crippen LogP contribution in [0.1, 0.15) is 122 Å². The van der Waals surface area contributed by atoms with Crippen molar-refractivity contribution in [3.05, 3.63) is 119 Å². The van der Waals surface area contributed by atoms with Gasteiger partial charge in [0.25, 0.3) is 0 Å². The predicted octanol–water partition coefficient (Wildman–Crippen LogP) is 13.1. The Morgan fingerprint density at radius 2 is 1.57 bits per heavy atom. The second kappa shape index (κ2) is 14.0. The van der Waals surface area contributed by atoms with Gasteiger partial charge in [0.15, 0.2) is 0 Å². The minimum atomic E-state index is -0.126. The van der Waals surface area contributed by atoms with Crippen molar-refractivity contribution in [3.63, 3.8) is 0 Å². The van der Waals surface area contributed by atoms with Crippen LogP contribution in [0.15, 0.2) is 90.6 Å². The Labute approximate surface area is 317 Å². The molecule has 0 amide bonds. The number of benzene rings is 3. The molecule has 0 saturated carbocycles. The number of hydrogen-bond acceptors (Lipinski definition) is 3. The first-order valence-electron chi connectivity index (χ1n) is 19.7. The van der Waals surface area contributed by atoms with Crippen molar-refractivity contribution in [2.24, 2.45) is 11.8 Å². The Morgan fingerprint density at radius 1 is 0.811 bits per heavy atom. The first-order chi connectivity index (χ1) is 25.1. The van der Waals surface area contributed by atoms with Crippen LogP contribution in [0.4, 0.5) is 0 Å². The molecule has 3 heterocycles. The van der Waals surface area contributed by atoms with Crippen LogP contribution >= 0.6 is 0 Å². The number of unbranched alkanes of at least 4 members (excludes halogenated alkanes) is 1. The number of fused-ring (bicyclic) bond motifs is 3. The molecule has 0 saturated heterocycles. The van der Waals surface area contributed by atoms with Gasteiger partial charge in [-0.05, 0) is 104 Å². The molecule has 5 nitrogen and oxygen atoms in total. The first kappa shape index (κ1) is 36.7. The van der Waals surface area contributed by atoms with Crippen LogP contribution in [-0.2, 0) is 17.3 Å². The van der Waals surface area contributed by atoms with E-state index in [1.165, 1.54) is 51.6 Å². The highest BCUT2D eigenvalue weighted by molar-refractivity contribution is 6.09. The molecule has 0 spiro atoms. The van der Waals surface area contributed by atoms with Gasteiger partial charge in [-0.2, -0.15) is 5.10 Å². The van der Waals surface area contributed by atoms with Crippen molar-refractivity contribution in [2.45, 2.75) is 119 Å². The lowest BCUT2D eigenvalue weighted by molar-refractivity contribution is 0.385. The third-order valence-corrected chi connectivity index (χ3v) is 11.2. The first-order valence-corrected chi connectivity index (χ1v) is 19.7. The number of pyridine rings is 1. The van der Waals surface area contributed by atoms with Gasteiger partial charge < -0.3 is 4.74 Å². The lowest BCUT2D eigenvalue weighted by atomic mass is 9.70. The van der Waals surface area contributed by atoms with E-state index in [1.807, 2.05) is 6.20 Å². The van der Waals surface area contributed by atoms with Crippen molar-refractivity contribution < 1.29 is 4.74 Å². The van der Waals surface area contributed by atoms with Crippen LogP contribution in [0, 0.1) is 18.8 Å². The van der Waals surface area contributed by atoms with Crippen LogP contribution in [0.2, 0.25) is 0 Å². The second-order valence-electron chi connectivity index (χ2n) is 17.8. The third kappa shape index (κ3) is 7.07. The SMILES string of the molecule is CCCCc1ccnc(-n2c3ccccc3c3ccc(Oc4cc(-n5nc(C)c(C6C(C)=C[C@H](C)C[C@@H]6C)c5C(C)(C)C)cc(C(C)(C)C)c4)cc32)c1. The molecule has 5 heteroatoms. The largest absolute Gasteiger partial charge is 0.457 e. The zero-order valence-electron chi connectivity index (χ0n) is 33.8. The highest BCUT2D eigenvalue weighted by Gasteiger charge is 2.36. The van der Waals surface area contributed by atoms with Crippen LogP contribution < -0.4 is 4.74 Å². The maximum Gasteiger partial charge on any atom is 0.137 e. The Balaban J connectivity index is 1.36. The molecule has 0 N–H and O–H groups in total. The van der Waals surface area contributed by atoms with E-state index >= 15 is 0 Å². The van der Waals surface area contributed by atoms with Crippen LogP contribution in [0.3, 0.4) is 0 Å². The van der Waals surface area contributed by atoms with Gasteiger partial charge >= 0.3 is 0 Å². The fourth-order valence-corrected chi connectivity index (χ4v) is 8.84. The summed E-state index contributed by atoms with van der Waals surface area (Å²) in [4.78, 5) is 4.88. The summed E-state index contributed by atoms with van der Waals surface area (Å²) in [5, 5.41) is 7.73. The molecule has 6 aromatic rings. The number of aryl methyl sites for hydroxylation is 2. The summed E-state index contributed by atoms with van der Waals surface area (Å²) in [5.74, 6) is 4.04. The predicted molar refractivity (Wildman–Crippen MR) is 222 cm³/mol. The molecular formula is C48H58N4O. The van der Waals surface area contributed by atoms with Crippen molar-refractivity contribution in [3.8, 4) is 23.0 Å². The molecule has 0 radical (unpaired) electrons. The molecule has 3 aromatic carbocycles. The number of rotatable bonds is 8. The van der Waals surface area contributed by atoms with E-state index in [1.54, 1.807) is 0 Å². The maximum atomic E-state index is 6.89. The normalized spacial score (nSPS) is 18.2. The fourth-order valence-electron chi connectivity index (χ4n) is 8.84. The number of para-hydroxylation sites is 1. The summed E-state index contributed by atoms with van der Waals surface area (Å²) in [6.45, 7) is 25.3. The quantitative estimate of drug-likeness (QED) is 0.148. The van der Waals surface area contributed by atoms with E-state index in [4.69, 9.17) is 14.8 Å². The molecule has 1 aliphatic rings. The Morgan fingerprint density at radius 3 is 2.28 bits per heavy atom. The lowest BCUT2D eigenvalue weighted by Crippen LogP contribution is -2.25. The van der Waals surface area contributed by atoms with Gasteiger partial charge in [-0.1, -0.05) is 98.6 Å². The minimum Gasteiger partial charge on any atom is -0.457 e. The number of hydrogen-bond donors (Lipinski definition) is 0. The van der Waals surface area contributed by atoms with Gasteiger partial charge in [0.2, 0.25) is 0 Å². The van der Waals surface area contributed by atoms with Crippen LogP contribution in [0.5, 0.6) is 11.5 Å². The van der Waals surface area contributed by atoms with Gasteiger partial charge in [-0.15, -0.1) is 0 Å². The number of nitrogens with zero attached hydrogens (tertiary/aromatic N) is 4. The van der Waals surface area contributed by atoms with E-state index in [2.05, 4.69) is 164 Å². The van der Waals surface area contributed by atoms with Gasteiger partial charge in [0.05, 0.1) is 28.1 Å². The topological polar surface area (TPSA) is 44.9 Å². The number of aromatic nitrogens is 4. The molecule has 0 fully saturated rings. The average molecular weight is 707 g/mol. The van der Waals surface area contributed by atoms with Gasteiger partial charge in [0.1, 0.15) is 17.3 Å². The highest BCUT2D eigenvalue weighted by atomic mass is 16.5. The molecule has 53 heavy (non-hydrogen) atoms. The second-order valence-corrected chi connectivity index (χ2v) is 17.8. The van der Waals surface area contributed by atoms with Crippen LogP contribution in [-0.4, -0.2) is 19.3 Å². The third-order valence-electron chi connectivity index (χ3n) is 11.2. The van der Waals surface area contributed by atoms with E-state index in [0.717, 1.165) is 52.6 Å². The van der Waals surface area contributed by atoms with Crippen molar-refractivity contribution in [1.82, 2.24) is 19.3 Å². The molecule has 7 rings (SSSR count). The summed E-state index contributed by atoms with van der Waals surface area (Å²) in [7, 11) is 0. The maximum absolute atomic E-state index is 6.89. The van der Waals surface area contributed by atoms with E-state index in [-0.39, 0.29) is 10.8 Å². The molecule has 1 aliphatic carbocycles. The molecule has 0 aliphatic heterocycles. The zero-order chi connectivity index (χ0) is 37.8. The fraction of sp³-hybridized carbons (Fsp3) is 0.417. The van der Waals surface area contributed by atoms with E-state index in [9.17, 15) is 0 Å².